The summed E-state index contributed by atoms with van der Waals surface area (Å²) in [5.74, 6) is 0.213. The van der Waals surface area contributed by atoms with Crippen molar-refractivity contribution in [3.63, 3.8) is 0 Å². The van der Waals surface area contributed by atoms with Gasteiger partial charge in [0.25, 0.3) is 0 Å². The van der Waals surface area contributed by atoms with Gasteiger partial charge in [0, 0.05) is 10.7 Å². The predicted molar refractivity (Wildman–Crippen MR) is 66.7 cm³/mol. The van der Waals surface area contributed by atoms with Gasteiger partial charge in [-0.1, -0.05) is 17.7 Å². The van der Waals surface area contributed by atoms with Crippen LogP contribution in [0.1, 0.15) is 16.8 Å². The van der Waals surface area contributed by atoms with Gasteiger partial charge in [-0.2, -0.15) is 0 Å². The van der Waals surface area contributed by atoms with Gasteiger partial charge >= 0.3 is 0 Å². The van der Waals surface area contributed by atoms with E-state index in [9.17, 15) is 0 Å². The third kappa shape index (κ3) is 2.70. The van der Waals surface area contributed by atoms with E-state index in [1.807, 2.05) is 31.2 Å². The van der Waals surface area contributed by atoms with Crippen molar-refractivity contribution in [2.45, 2.75) is 6.92 Å². The average molecular weight is 245 g/mol. The lowest BCUT2D eigenvalue weighted by molar-refractivity contribution is -0.456. The van der Waals surface area contributed by atoms with Crippen LogP contribution < -0.4 is 16.6 Å². The normalized spacial score (nSPS) is 12.2. The Hall–Kier alpha value is -2.70. The summed E-state index contributed by atoms with van der Waals surface area (Å²) in [7, 11) is 0. The van der Waals surface area contributed by atoms with E-state index in [4.69, 9.17) is 11.5 Å². The molecule has 1 aromatic carbocycles. The summed E-state index contributed by atoms with van der Waals surface area (Å²) < 4.78 is 4.42. The Morgan fingerprint density at radius 1 is 1.33 bits per heavy atom. The number of anilines is 1. The van der Waals surface area contributed by atoms with Crippen molar-refractivity contribution in [2.24, 2.45) is 10.8 Å². The van der Waals surface area contributed by atoms with Gasteiger partial charge in [0.15, 0.2) is 11.5 Å². The fourth-order valence-corrected chi connectivity index (χ4v) is 1.27. The molecule has 0 atom stereocenters. The van der Waals surface area contributed by atoms with E-state index in [1.165, 1.54) is 5.56 Å². The zero-order valence-corrected chi connectivity index (χ0v) is 9.79. The van der Waals surface area contributed by atoms with Crippen LogP contribution in [-0.2, 0) is 0 Å². The molecule has 0 aliphatic carbocycles. The van der Waals surface area contributed by atoms with Crippen LogP contribution in [0.2, 0.25) is 0 Å². The van der Waals surface area contributed by atoms with E-state index >= 15 is 0 Å². The minimum absolute atomic E-state index is 0.105. The number of hydrogen-bond acceptors (Lipinski definition) is 5. The minimum atomic E-state index is 0.105. The number of rotatable bonds is 3. The number of nitrogens with zero attached hydrogens (tertiary/aromatic N) is 3. The summed E-state index contributed by atoms with van der Waals surface area (Å²) in [5, 5.41) is 13.5. The number of nitrogens with two attached hydrogens (primary N) is 2. The Morgan fingerprint density at radius 2 is 2.06 bits per heavy atom. The Kier molecular flexibility index (Phi) is 3.33. The van der Waals surface area contributed by atoms with E-state index in [-0.39, 0.29) is 17.3 Å². The number of amidine groups is 1. The van der Waals surface area contributed by atoms with Crippen molar-refractivity contribution in [3.05, 3.63) is 41.1 Å². The molecule has 92 valence electrons. The zero-order chi connectivity index (χ0) is 13.0. The molecule has 0 bridgehead atoms. The summed E-state index contributed by atoms with van der Waals surface area (Å²) in [6.45, 7) is 2.02. The molecule has 1 heterocycles. The first-order chi connectivity index (χ1) is 8.66. The first-order valence-corrected chi connectivity index (χ1v) is 5.24. The maximum Gasteiger partial charge on any atom is 0.224 e. The lowest BCUT2D eigenvalue weighted by Crippen LogP contribution is -2.63. The van der Waals surface area contributed by atoms with Crippen molar-refractivity contribution in [2.75, 3.05) is 5.73 Å². The SMILES string of the molecule is Cc1ccc(C=[NH+]N=C(N)c2nonc2N)cc1. The van der Waals surface area contributed by atoms with Crippen LogP contribution in [0.25, 0.3) is 0 Å². The first kappa shape index (κ1) is 11.8. The lowest BCUT2D eigenvalue weighted by atomic mass is 10.2. The topological polar surface area (TPSA) is 117 Å². The quantitative estimate of drug-likeness (QED) is 0.356. The highest BCUT2D eigenvalue weighted by atomic mass is 16.6. The predicted octanol–water partition coefficient (Wildman–Crippen LogP) is -1.22. The number of benzene rings is 1. The first-order valence-electron chi connectivity index (χ1n) is 5.24. The molecule has 0 saturated carbocycles. The fourth-order valence-electron chi connectivity index (χ4n) is 1.27. The summed E-state index contributed by atoms with van der Waals surface area (Å²) in [6.07, 6.45) is 1.70. The average Bonchev–Trinajstić information content (AvgIpc) is 2.78. The fraction of sp³-hybridized carbons (Fsp3) is 0.0909. The van der Waals surface area contributed by atoms with E-state index in [1.54, 1.807) is 6.21 Å². The number of aryl methyl sites for hydroxylation is 1. The largest absolute Gasteiger partial charge is 0.379 e. The Morgan fingerprint density at radius 3 is 2.67 bits per heavy atom. The molecule has 0 saturated heterocycles. The molecule has 7 heteroatoms. The molecular formula is C11H13N6O+. The van der Waals surface area contributed by atoms with E-state index in [0.29, 0.717) is 0 Å². The number of hydrogen-bond donors (Lipinski definition) is 3. The number of nitrogen functional groups attached to an aromatic ring is 1. The molecule has 0 amide bonds. The third-order valence-corrected chi connectivity index (χ3v) is 2.25. The summed E-state index contributed by atoms with van der Waals surface area (Å²) in [6, 6.07) is 7.92. The molecule has 2 rings (SSSR count). The molecule has 0 fully saturated rings. The Balaban J connectivity index is 2.11. The molecule has 0 aliphatic rings. The van der Waals surface area contributed by atoms with E-state index in [2.05, 4.69) is 25.1 Å². The molecule has 0 unspecified atom stereocenters. The summed E-state index contributed by atoms with van der Waals surface area (Å²) in [5.41, 5.74) is 13.5. The van der Waals surface area contributed by atoms with Crippen LogP contribution >= 0.6 is 0 Å². The number of aromatic nitrogens is 2. The van der Waals surface area contributed by atoms with E-state index in [0.717, 1.165) is 5.56 Å². The molecule has 0 aliphatic heterocycles. The maximum absolute atomic E-state index is 5.65. The van der Waals surface area contributed by atoms with Crippen molar-refractivity contribution in [1.82, 2.24) is 10.3 Å². The van der Waals surface area contributed by atoms with Gasteiger partial charge in [-0.15, -0.1) is 5.10 Å². The molecule has 2 aromatic rings. The highest BCUT2D eigenvalue weighted by molar-refractivity contribution is 5.98. The van der Waals surface area contributed by atoms with Crippen molar-refractivity contribution < 1.29 is 9.73 Å². The third-order valence-electron chi connectivity index (χ3n) is 2.25. The summed E-state index contributed by atoms with van der Waals surface area (Å²) in [4.78, 5) is 0. The molecule has 7 nitrogen and oxygen atoms in total. The van der Waals surface area contributed by atoms with Crippen molar-refractivity contribution >= 4 is 17.9 Å². The number of hydrazone groups is 1. The molecular weight excluding hydrogens is 232 g/mol. The van der Waals surface area contributed by atoms with Gasteiger partial charge < -0.3 is 11.5 Å². The number of nitrogens with one attached hydrogen (secondary N) is 1. The van der Waals surface area contributed by atoms with Gasteiger partial charge in [0.2, 0.25) is 12.1 Å². The molecule has 1 aromatic heterocycles. The van der Waals surface area contributed by atoms with Gasteiger partial charge in [0.1, 0.15) is 0 Å². The highest BCUT2D eigenvalue weighted by Crippen LogP contribution is 2.01. The van der Waals surface area contributed by atoms with Gasteiger partial charge in [-0.05, 0) is 29.4 Å². The molecule has 18 heavy (non-hydrogen) atoms. The van der Waals surface area contributed by atoms with Gasteiger partial charge in [-0.25, -0.2) is 4.63 Å². The van der Waals surface area contributed by atoms with Gasteiger partial charge in [0.05, 0.1) is 0 Å². The smallest absolute Gasteiger partial charge is 0.224 e. The van der Waals surface area contributed by atoms with Crippen LogP contribution in [0.3, 0.4) is 0 Å². The summed E-state index contributed by atoms with van der Waals surface area (Å²) >= 11 is 0. The zero-order valence-electron chi connectivity index (χ0n) is 9.79. The Labute approximate surface area is 103 Å². The molecule has 0 radical (unpaired) electrons. The van der Waals surface area contributed by atoms with Crippen LogP contribution in [0.4, 0.5) is 5.82 Å². The maximum atomic E-state index is 5.65. The molecule has 0 spiro atoms. The van der Waals surface area contributed by atoms with Crippen LogP contribution in [0, 0.1) is 6.92 Å². The molecule has 5 N–H and O–H groups in total. The van der Waals surface area contributed by atoms with Crippen LogP contribution in [-0.4, -0.2) is 22.4 Å². The lowest BCUT2D eigenvalue weighted by Gasteiger charge is -1.90. The van der Waals surface area contributed by atoms with Crippen LogP contribution in [0.15, 0.2) is 34.0 Å². The standard InChI is InChI=1S/C11H12N6O/c1-7-2-4-8(5-3-7)6-14-15-10(12)9-11(13)17-18-16-9/h2-6H,1H3,(H2,12,15)(H2,13,17)/p+1. The monoisotopic (exact) mass is 245 g/mol. The second-order valence-corrected chi connectivity index (χ2v) is 3.68. The van der Waals surface area contributed by atoms with Crippen LogP contribution in [0.5, 0.6) is 0 Å². The second-order valence-electron chi connectivity index (χ2n) is 3.68. The highest BCUT2D eigenvalue weighted by Gasteiger charge is 2.11. The van der Waals surface area contributed by atoms with E-state index < -0.39 is 0 Å². The van der Waals surface area contributed by atoms with Gasteiger partial charge in [-0.3, -0.25) is 0 Å². The van der Waals surface area contributed by atoms with Crippen molar-refractivity contribution in [3.8, 4) is 0 Å². The second kappa shape index (κ2) is 5.09. The Bertz CT molecular complexity index is 584. The minimum Gasteiger partial charge on any atom is -0.379 e. The van der Waals surface area contributed by atoms with Crippen molar-refractivity contribution in [1.29, 1.82) is 0 Å².